The Kier molecular flexibility index (Phi) is 3.80. The number of allylic oxidation sites excluding steroid dienone is 1. The smallest absolute Gasteiger partial charge is 0.0571 e. The highest BCUT2D eigenvalue weighted by molar-refractivity contribution is 4.82. The van der Waals surface area contributed by atoms with Crippen LogP contribution in [0.3, 0.4) is 0 Å². The first-order valence-corrected chi connectivity index (χ1v) is 5.04. The highest BCUT2D eigenvalue weighted by Crippen LogP contribution is 2.31. The van der Waals surface area contributed by atoms with Gasteiger partial charge in [0.2, 0.25) is 0 Å². The quantitative estimate of drug-likeness (QED) is 0.642. The second-order valence-corrected chi connectivity index (χ2v) is 4.02. The molecule has 1 rings (SSSR count). The average Bonchev–Trinajstić information content (AvgIpc) is 2.05. The van der Waals surface area contributed by atoms with Crippen molar-refractivity contribution in [2.45, 2.75) is 45.1 Å². The monoisotopic (exact) mass is 168 g/mol. The lowest BCUT2D eigenvalue weighted by Crippen LogP contribution is -2.29. The van der Waals surface area contributed by atoms with E-state index in [1.165, 1.54) is 19.3 Å². The molecule has 1 N–H and O–H groups in total. The van der Waals surface area contributed by atoms with Crippen molar-refractivity contribution in [1.82, 2.24) is 0 Å². The van der Waals surface area contributed by atoms with Gasteiger partial charge in [0, 0.05) is 0 Å². The van der Waals surface area contributed by atoms with Gasteiger partial charge in [0.05, 0.1) is 6.10 Å². The molecule has 0 bridgehead atoms. The van der Waals surface area contributed by atoms with Crippen LogP contribution >= 0.6 is 0 Å². The average molecular weight is 168 g/mol. The predicted molar refractivity (Wildman–Crippen MR) is 51.9 cm³/mol. The van der Waals surface area contributed by atoms with Gasteiger partial charge >= 0.3 is 0 Å². The molecule has 0 spiro atoms. The van der Waals surface area contributed by atoms with Gasteiger partial charge < -0.3 is 5.11 Å². The van der Waals surface area contributed by atoms with Crippen LogP contribution in [0, 0.1) is 11.8 Å². The number of aliphatic hydroxyl groups is 1. The van der Waals surface area contributed by atoms with Crippen molar-refractivity contribution in [3.8, 4) is 0 Å². The minimum Gasteiger partial charge on any atom is -0.393 e. The maximum absolute atomic E-state index is 9.73. The summed E-state index contributed by atoms with van der Waals surface area (Å²) in [5, 5.41) is 9.73. The Hall–Kier alpha value is -0.300. The molecule has 1 fully saturated rings. The van der Waals surface area contributed by atoms with Crippen LogP contribution in [0.1, 0.15) is 39.0 Å². The summed E-state index contributed by atoms with van der Waals surface area (Å²) in [5.41, 5.74) is 0. The normalized spacial score (nSPS) is 32.8. The van der Waals surface area contributed by atoms with Gasteiger partial charge in [-0.15, -0.1) is 6.58 Å². The van der Waals surface area contributed by atoms with Gasteiger partial charge in [0.1, 0.15) is 0 Å². The number of rotatable bonds is 3. The minimum absolute atomic E-state index is 0.0475. The number of hydrogen-bond donors (Lipinski definition) is 1. The second kappa shape index (κ2) is 4.66. The molecule has 0 radical (unpaired) electrons. The van der Waals surface area contributed by atoms with Gasteiger partial charge in [-0.2, -0.15) is 0 Å². The summed E-state index contributed by atoms with van der Waals surface area (Å²) in [4.78, 5) is 0. The van der Waals surface area contributed by atoms with Crippen LogP contribution in [-0.2, 0) is 0 Å². The molecule has 0 aromatic rings. The van der Waals surface area contributed by atoms with E-state index in [1.807, 2.05) is 6.08 Å². The first-order chi connectivity index (χ1) is 5.75. The van der Waals surface area contributed by atoms with Crippen LogP contribution in [0.4, 0.5) is 0 Å². The zero-order valence-electron chi connectivity index (χ0n) is 8.00. The molecule has 70 valence electrons. The van der Waals surface area contributed by atoms with Gasteiger partial charge in [-0.25, -0.2) is 0 Å². The van der Waals surface area contributed by atoms with E-state index < -0.39 is 0 Å². The predicted octanol–water partition coefficient (Wildman–Crippen LogP) is 2.75. The molecule has 0 aromatic carbocycles. The van der Waals surface area contributed by atoms with Crippen molar-refractivity contribution in [1.29, 1.82) is 0 Å². The van der Waals surface area contributed by atoms with Crippen LogP contribution in [0.5, 0.6) is 0 Å². The molecule has 1 unspecified atom stereocenters. The van der Waals surface area contributed by atoms with Crippen LogP contribution in [0.2, 0.25) is 0 Å². The molecule has 0 saturated heterocycles. The summed E-state index contributed by atoms with van der Waals surface area (Å²) >= 11 is 0. The van der Waals surface area contributed by atoms with E-state index in [4.69, 9.17) is 0 Å². The minimum atomic E-state index is -0.0475. The summed E-state index contributed by atoms with van der Waals surface area (Å²) in [6.07, 6.45) is 7.67. The lowest BCUT2D eigenvalue weighted by molar-refractivity contribution is 0.0419. The van der Waals surface area contributed by atoms with E-state index >= 15 is 0 Å². The SMILES string of the molecule is C=CCC(C)[C@@H]1CCCC[C@H]1O. The van der Waals surface area contributed by atoms with Crippen LogP contribution in [0.15, 0.2) is 12.7 Å². The van der Waals surface area contributed by atoms with E-state index in [0.29, 0.717) is 11.8 Å². The Morgan fingerprint density at radius 2 is 2.17 bits per heavy atom. The summed E-state index contributed by atoms with van der Waals surface area (Å²) in [6.45, 7) is 5.96. The van der Waals surface area contributed by atoms with E-state index in [2.05, 4.69) is 13.5 Å². The van der Waals surface area contributed by atoms with Crippen molar-refractivity contribution >= 4 is 0 Å². The van der Waals surface area contributed by atoms with E-state index in [-0.39, 0.29) is 6.10 Å². The molecule has 12 heavy (non-hydrogen) atoms. The third kappa shape index (κ3) is 2.34. The van der Waals surface area contributed by atoms with Gasteiger partial charge in [-0.3, -0.25) is 0 Å². The Morgan fingerprint density at radius 1 is 1.50 bits per heavy atom. The summed E-state index contributed by atoms with van der Waals surface area (Å²) in [5.74, 6) is 1.13. The van der Waals surface area contributed by atoms with Crippen molar-refractivity contribution in [3.63, 3.8) is 0 Å². The van der Waals surface area contributed by atoms with Crippen molar-refractivity contribution < 1.29 is 5.11 Å². The van der Waals surface area contributed by atoms with Crippen LogP contribution < -0.4 is 0 Å². The first-order valence-electron chi connectivity index (χ1n) is 5.04. The molecule has 1 heteroatoms. The van der Waals surface area contributed by atoms with Crippen LogP contribution in [-0.4, -0.2) is 11.2 Å². The molecule has 0 aromatic heterocycles. The fourth-order valence-corrected chi connectivity index (χ4v) is 2.24. The zero-order chi connectivity index (χ0) is 8.97. The maximum Gasteiger partial charge on any atom is 0.0571 e. The van der Waals surface area contributed by atoms with E-state index in [1.54, 1.807) is 0 Å². The highest BCUT2D eigenvalue weighted by Gasteiger charge is 2.26. The molecule has 1 saturated carbocycles. The third-order valence-corrected chi connectivity index (χ3v) is 3.05. The van der Waals surface area contributed by atoms with E-state index in [9.17, 15) is 5.11 Å². The fourth-order valence-electron chi connectivity index (χ4n) is 2.24. The second-order valence-electron chi connectivity index (χ2n) is 4.02. The molecular weight excluding hydrogens is 148 g/mol. The van der Waals surface area contributed by atoms with Gasteiger partial charge in [-0.1, -0.05) is 25.8 Å². The lowest BCUT2D eigenvalue weighted by Gasteiger charge is -2.31. The van der Waals surface area contributed by atoms with Gasteiger partial charge in [0.25, 0.3) is 0 Å². The molecular formula is C11H20O. The molecule has 0 amide bonds. The third-order valence-electron chi connectivity index (χ3n) is 3.05. The zero-order valence-corrected chi connectivity index (χ0v) is 8.00. The molecule has 1 aliphatic carbocycles. The highest BCUT2D eigenvalue weighted by atomic mass is 16.3. The molecule has 3 atom stereocenters. The molecule has 1 aliphatic rings. The van der Waals surface area contributed by atoms with Crippen molar-refractivity contribution in [3.05, 3.63) is 12.7 Å². The summed E-state index contributed by atoms with van der Waals surface area (Å²) < 4.78 is 0. The van der Waals surface area contributed by atoms with Crippen molar-refractivity contribution in [2.24, 2.45) is 11.8 Å². The maximum atomic E-state index is 9.73. The largest absolute Gasteiger partial charge is 0.393 e. The lowest BCUT2D eigenvalue weighted by atomic mass is 9.77. The standard InChI is InChI=1S/C11H20O/c1-3-6-9(2)10-7-4-5-8-11(10)12/h3,9-12H,1,4-8H2,2H3/t9?,10-,11+/m0/s1. The molecule has 0 aliphatic heterocycles. The molecule has 0 heterocycles. The first kappa shape index (κ1) is 9.79. The van der Waals surface area contributed by atoms with Gasteiger partial charge in [-0.05, 0) is 31.1 Å². The fraction of sp³-hybridized carbons (Fsp3) is 0.818. The number of aliphatic hydroxyl groups excluding tert-OH is 1. The Balaban J connectivity index is 2.41. The molecule has 1 nitrogen and oxygen atoms in total. The Bertz CT molecular complexity index is 142. The van der Waals surface area contributed by atoms with Crippen molar-refractivity contribution in [2.75, 3.05) is 0 Å². The number of hydrogen-bond acceptors (Lipinski definition) is 1. The summed E-state index contributed by atoms with van der Waals surface area (Å²) in [6, 6.07) is 0. The van der Waals surface area contributed by atoms with Crippen LogP contribution in [0.25, 0.3) is 0 Å². The van der Waals surface area contributed by atoms with Gasteiger partial charge in [0.15, 0.2) is 0 Å². The Labute approximate surface area is 75.5 Å². The van der Waals surface area contributed by atoms with E-state index in [0.717, 1.165) is 12.8 Å². The Morgan fingerprint density at radius 3 is 2.75 bits per heavy atom. The summed E-state index contributed by atoms with van der Waals surface area (Å²) in [7, 11) is 0. The topological polar surface area (TPSA) is 20.2 Å².